The Balaban J connectivity index is 1.50. The Morgan fingerprint density at radius 2 is 1.91 bits per heavy atom. The van der Waals surface area contributed by atoms with Crippen molar-refractivity contribution >= 4 is 12.0 Å². The average Bonchev–Trinajstić information content (AvgIpc) is 2.88. The van der Waals surface area contributed by atoms with E-state index in [1.165, 1.54) is 5.56 Å². The van der Waals surface area contributed by atoms with Crippen molar-refractivity contribution in [2.75, 3.05) is 33.9 Å². The van der Waals surface area contributed by atoms with Gasteiger partial charge in [-0.05, 0) is 79.6 Å². The van der Waals surface area contributed by atoms with E-state index in [-0.39, 0.29) is 17.4 Å². The van der Waals surface area contributed by atoms with Gasteiger partial charge in [-0.25, -0.2) is 0 Å². The molecule has 2 aliphatic rings. The van der Waals surface area contributed by atoms with Crippen LogP contribution >= 0.6 is 0 Å². The van der Waals surface area contributed by atoms with Crippen molar-refractivity contribution in [2.24, 2.45) is 5.92 Å². The second kappa shape index (κ2) is 10.9. The van der Waals surface area contributed by atoms with Crippen LogP contribution in [0.15, 0.2) is 67.3 Å². The molecule has 3 atom stereocenters. The third-order valence-corrected chi connectivity index (χ3v) is 7.51. The van der Waals surface area contributed by atoms with Crippen LogP contribution in [0.5, 0.6) is 11.5 Å². The number of fused-ring (bicyclic) bond motifs is 1. The largest absolute Gasteiger partial charge is 0.497 e. The van der Waals surface area contributed by atoms with Crippen molar-refractivity contribution in [3.8, 4) is 11.5 Å². The molecule has 1 aliphatic heterocycles. The number of piperidine rings is 1. The summed E-state index contributed by atoms with van der Waals surface area (Å²) in [4.78, 5) is 15.3. The van der Waals surface area contributed by atoms with Crippen molar-refractivity contribution in [1.29, 1.82) is 0 Å². The monoisotopic (exact) mass is 460 g/mol. The number of likely N-dealkylation sites (tertiary alicyclic amines) is 1. The lowest BCUT2D eigenvalue weighted by Gasteiger charge is -2.53. The summed E-state index contributed by atoms with van der Waals surface area (Å²) in [5.74, 6) is 2.18. The van der Waals surface area contributed by atoms with E-state index in [0.29, 0.717) is 5.92 Å². The van der Waals surface area contributed by atoms with E-state index in [0.717, 1.165) is 62.4 Å². The van der Waals surface area contributed by atoms with Crippen LogP contribution in [0.1, 0.15) is 36.8 Å². The van der Waals surface area contributed by atoms with E-state index >= 15 is 0 Å². The molecule has 2 aromatic carbocycles. The van der Waals surface area contributed by atoms with E-state index in [1.54, 1.807) is 20.3 Å². The SMILES string of the molecule is C=CCN1CC[C@@]2(c3cccc(OC)c3)C[C@@H](NC(=O)C=Cc3cccc(OC)c3)CC[C@@H]2C1. The number of hydrogen-bond acceptors (Lipinski definition) is 4. The van der Waals surface area contributed by atoms with Crippen LogP contribution in [-0.4, -0.2) is 50.7 Å². The molecule has 1 heterocycles. The predicted octanol–water partition coefficient (Wildman–Crippen LogP) is 4.83. The van der Waals surface area contributed by atoms with Gasteiger partial charge in [0.1, 0.15) is 11.5 Å². The number of amides is 1. The summed E-state index contributed by atoms with van der Waals surface area (Å²) in [6.07, 6.45) is 9.59. The summed E-state index contributed by atoms with van der Waals surface area (Å²) in [7, 11) is 3.37. The van der Waals surface area contributed by atoms with E-state index < -0.39 is 0 Å². The van der Waals surface area contributed by atoms with Gasteiger partial charge in [0.25, 0.3) is 0 Å². The molecule has 1 saturated carbocycles. The number of carbonyl (C=O) groups is 1. The maximum absolute atomic E-state index is 12.8. The van der Waals surface area contributed by atoms with Crippen LogP contribution in [0.2, 0.25) is 0 Å². The first kappa shape index (κ1) is 24.1. The topological polar surface area (TPSA) is 50.8 Å². The number of nitrogens with one attached hydrogen (secondary N) is 1. The number of rotatable bonds is 8. The maximum atomic E-state index is 12.8. The van der Waals surface area contributed by atoms with E-state index in [4.69, 9.17) is 9.47 Å². The molecule has 2 fully saturated rings. The molecule has 5 heteroatoms. The summed E-state index contributed by atoms with van der Waals surface area (Å²) < 4.78 is 10.8. The van der Waals surface area contributed by atoms with Crippen LogP contribution in [-0.2, 0) is 10.2 Å². The first-order valence-corrected chi connectivity index (χ1v) is 12.2. The zero-order valence-electron chi connectivity index (χ0n) is 20.3. The Morgan fingerprint density at radius 1 is 1.15 bits per heavy atom. The molecule has 1 N–H and O–H groups in total. The number of hydrogen-bond donors (Lipinski definition) is 1. The highest BCUT2D eigenvalue weighted by molar-refractivity contribution is 5.92. The minimum Gasteiger partial charge on any atom is -0.497 e. The Kier molecular flexibility index (Phi) is 7.73. The first-order valence-electron chi connectivity index (χ1n) is 12.2. The van der Waals surface area contributed by atoms with Gasteiger partial charge >= 0.3 is 0 Å². The molecule has 0 aromatic heterocycles. The van der Waals surface area contributed by atoms with Crippen LogP contribution < -0.4 is 14.8 Å². The normalized spacial score (nSPS) is 24.9. The van der Waals surface area contributed by atoms with Gasteiger partial charge in [0.05, 0.1) is 14.2 Å². The minimum atomic E-state index is -0.0452. The van der Waals surface area contributed by atoms with E-state index in [9.17, 15) is 4.79 Å². The number of benzene rings is 2. The van der Waals surface area contributed by atoms with Crippen molar-refractivity contribution in [2.45, 2.75) is 37.1 Å². The summed E-state index contributed by atoms with van der Waals surface area (Å²) >= 11 is 0. The molecule has 0 spiro atoms. The van der Waals surface area contributed by atoms with Gasteiger partial charge in [-0.15, -0.1) is 6.58 Å². The summed E-state index contributed by atoms with van der Waals surface area (Å²) in [6, 6.07) is 16.4. The molecule has 4 rings (SSSR count). The quantitative estimate of drug-likeness (QED) is 0.453. The molecule has 1 saturated heterocycles. The highest BCUT2D eigenvalue weighted by atomic mass is 16.5. The molecule has 5 nitrogen and oxygen atoms in total. The molecule has 2 aromatic rings. The fourth-order valence-electron chi connectivity index (χ4n) is 5.79. The summed E-state index contributed by atoms with van der Waals surface area (Å²) in [5, 5.41) is 3.29. The van der Waals surface area contributed by atoms with Gasteiger partial charge < -0.3 is 14.8 Å². The van der Waals surface area contributed by atoms with E-state index in [1.807, 2.05) is 42.5 Å². The van der Waals surface area contributed by atoms with Crippen LogP contribution in [0.25, 0.3) is 6.08 Å². The molecule has 1 amide bonds. The molecular weight excluding hydrogens is 424 g/mol. The molecule has 180 valence electrons. The maximum Gasteiger partial charge on any atom is 0.244 e. The van der Waals surface area contributed by atoms with Gasteiger partial charge in [-0.3, -0.25) is 9.69 Å². The van der Waals surface area contributed by atoms with Crippen molar-refractivity contribution in [3.63, 3.8) is 0 Å². The van der Waals surface area contributed by atoms with Gasteiger partial charge in [-0.2, -0.15) is 0 Å². The van der Waals surface area contributed by atoms with Gasteiger partial charge in [0.2, 0.25) is 5.91 Å². The van der Waals surface area contributed by atoms with Crippen molar-refractivity contribution in [3.05, 3.63) is 78.4 Å². The molecule has 0 unspecified atom stereocenters. The van der Waals surface area contributed by atoms with Gasteiger partial charge in [0.15, 0.2) is 0 Å². The van der Waals surface area contributed by atoms with Crippen molar-refractivity contribution in [1.82, 2.24) is 10.2 Å². The Morgan fingerprint density at radius 3 is 2.68 bits per heavy atom. The highest BCUT2D eigenvalue weighted by Gasteiger charge is 2.48. The van der Waals surface area contributed by atoms with Gasteiger partial charge in [0, 0.05) is 30.6 Å². The molecule has 1 aliphatic carbocycles. The number of methoxy groups -OCH3 is 2. The van der Waals surface area contributed by atoms with Crippen LogP contribution in [0.3, 0.4) is 0 Å². The zero-order valence-corrected chi connectivity index (χ0v) is 20.3. The van der Waals surface area contributed by atoms with Crippen LogP contribution in [0.4, 0.5) is 0 Å². The molecule has 34 heavy (non-hydrogen) atoms. The first-order chi connectivity index (χ1) is 16.6. The Labute approximate surface area is 203 Å². The average molecular weight is 461 g/mol. The zero-order chi connectivity index (χ0) is 24.0. The lowest BCUT2D eigenvalue weighted by Crippen LogP contribution is -2.56. The smallest absolute Gasteiger partial charge is 0.244 e. The van der Waals surface area contributed by atoms with E-state index in [2.05, 4.69) is 35.0 Å². The third-order valence-electron chi connectivity index (χ3n) is 7.51. The lowest BCUT2D eigenvalue weighted by molar-refractivity contribution is -0.117. The van der Waals surface area contributed by atoms with Gasteiger partial charge in [-0.1, -0.05) is 30.3 Å². The standard InChI is InChI=1S/C29H36N2O3/c1-4-16-31-17-15-29(23-8-6-10-27(19-23)34-3)20-25(13-12-24(29)21-31)30-28(32)14-11-22-7-5-9-26(18-22)33-2/h4-11,14,18-19,24-25H,1,12-13,15-17,20-21H2,2-3H3,(H,30,32)/t24-,25+,29+/m1/s1. The molecular formula is C29H36N2O3. The fourth-order valence-corrected chi connectivity index (χ4v) is 5.79. The van der Waals surface area contributed by atoms with Crippen molar-refractivity contribution < 1.29 is 14.3 Å². The summed E-state index contributed by atoms with van der Waals surface area (Å²) in [5.41, 5.74) is 2.32. The fraction of sp³-hybridized carbons (Fsp3) is 0.414. The number of ether oxygens (including phenoxy) is 2. The second-order valence-corrected chi connectivity index (χ2v) is 9.48. The highest BCUT2D eigenvalue weighted by Crippen LogP contribution is 2.49. The summed E-state index contributed by atoms with van der Waals surface area (Å²) in [6.45, 7) is 6.97. The third kappa shape index (κ3) is 5.36. The lowest BCUT2D eigenvalue weighted by atomic mass is 9.58. The Hall–Kier alpha value is -3.05. The second-order valence-electron chi connectivity index (χ2n) is 9.48. The minimum absolute atomic E-state index is 0.0406. The molecule has 0 radical (unpaired) electrons. The number of carbonyl (C=O) groups excluding carboxylic acids is 1. The number of nitrogens with zero attached hydrogens (tertiary/aromatic N) is 1. The van der Waals surface area contributed by atoms with Crippen LogP contribution in [0, 0.1) is 5.92 Å². The predicted molar refractivity (Wildman–Crippen MR) is 137 cm³/mol. The molecule has 0 bridgehead atoms. The Bertz CT molecular complexity index is 1030.